The van der Waals surface area contributed by atoms with Crippen molar-refractivity contribution in [3.05, 3.63) is 23.8 Å². The summed E-state index contributed by atoms with van der Waals surface area (Å²) in [5.74, 6) is 2.48. The molecule has 0 spiro atoms. The fraction of sp³-hybridized carbons (Fsp3) is 0.647. The molecular weight excluding hydrogens is 250 g/mol. The Morgan fingerprint density at radius 2 is 1.95 bits per heavy atom. The Balaban J connectivity index is 1.96. The molecule has 1 aromatic rings. The average molecular weight is 277 g/mol. The van der Waals surface area contributed by atoms with Crippen LogP contribution in [0.1, 0.15) is 51.0 Å². The van der Waals surface area contributed by atoms with Gasteiger partial charge in [-0.15, -0.1) is 0 Å². The highest BCUT2D eigenvalue weighted by Gasteiger charge is 2.15. The lowest BCUT2D eigenvalue weighted by Crippen LogP contribution is -2.16. The van der Waals surface area contributed by atoms with Gasteiger partial charge in [-0.1, -0.05) is 32.3 Å². The van der Waals surface area contributed by atoms with Crippen molar-refractivity contribution in [2.24, 2.45) is 11.7 Å². The molecule has 1 saturated carbocycles. The normalized spacial score (nSPS) is 16.1. The Morgan fingerprint density at radius 1 is 1.15 bits per heavy atom. The van der Waals surface area contributed by atoms with Gasteiger partial charge in [0.15, 0.2) is 0 Å². The molecule has 1 aliphatic rings. The summed E-state index contributed by atoms with van der Waals surface area (Å²) in [5, 5.41) is 0. The molecule has 3 heteroatoms. The van der Waals surface area contributed by atoms with Crippen LogP contribution in [-0.2, 0) is 6.54 Å². The van der Waals surface area contributed by atoms with Crippen molar-refractivity contribution >= 4 is 0 Å². The van der Waals surface area contributed by atoms with Crippen molar-refractivity contribution in [1.82, 2.24) is 0 Å². The molecule has 0 aliphatic heterocycles. The summed E-state index contributed by atoms with van der Waals surface area (Å²) in [6.07, 6.45) is 7.67. The maximum Gasteiger partial charge on any atom is 0.127 e. The molecule has 1 aromatic carbocycles. The lowest BCUT2D eigenvalue weighted by molar-refractivity contribution is 0.206. The number of ether oxygens (including phenoxy) is 2. The van der Waals surface area contributed by atoms with Crippen molar-refractivity contribution in [1.29, 1.82) is 0 Å². The van der Waals surface area contributed by atoms with E-state index in [0.717, 1.165) is 36.7 Å². The summed E-state index contributed by atoms with van der Waals surface area (Å²) < 4.78 is 11.7. The maximum atomic E-state index is 6.03. The fourth-order valence-electron chi connectivity index (χ4n) is 2.71. The zero-order valence-corrected chi connectivity index (χ0v) is 12.6. The summed E-state index contributed by atoms with van der Waals surface area (Å²) in [6, 6.07) is 5.98. The van der Waals surface area contributed by atoms with Crippen LogP contribution in [0.15, 0.2) is 18.2 Å². The van der Waals surface area contributed by atoms with Crippen LogP contribution >= 0.6 is 0 Å². The molecule has 0 radical (unpaired) electrons. The van der Waals surface area contributed by atoms with Gasteiger partial charge in [0.25, 0.3) is 0 Å². The molecular formula is C17H27NO2. The van der Waals surface area contributed by atoms with Gasteiger partial charge in [0, 0.05) is 18.2 Å². The first-order valence-electron chi connectivity index (χ1n) is 7.92. The van der Waals surface area contributed by atoms with E-state index in [1.54, 1.807) is 0 Å². The van der Waals surface area contributed by atoms with Gasteiger partial charge in [-0.3, -0.25) is 0 Å². The van der Waals surface area contributed by atoms with Crippen LogP contribution in [0.25, 0.3) is 0 Å². The molecule has 112 valence electrons. The third-order valence-electron chi connectivity index (χ3n) is 3.93. The van der Waals surface area contributed by atoms with E-state index in [1.807, 2.05) is 18.2 Å². The van der Waals surface area contributed by atoms with Gasteiger partial charge in [0.2, 0.25) is 0 Å². The smallest absolute Gasteiger partial charge is 0.127 e. The molecule has 0 saturated heterocycles. The van der Waals surface area contributed by atoms with Crippen molar-refractivity contribution in [2.45, 2.75) is 52.0 Å². The summed E-state index contributed by atoms with van der Waals surface area (Å²) >= 11 is 0. The monoisotopic (exact) mass is 277 g/mol. The second kappa shape index (κ2) is 8.15. The highest BCUT2D eigenvalue weighted by molar-refractivity contribution is 5.40. The van der Waals surface area contributed by atoms with Gasteiger partial charge in [0.1, 0.15) is 11.5 Å². The van der Waals surface area contributed by atoms with Gasteiger partial charge in [0.05, 0.1) is 13.2 Å². The molecule has 20 heavy (non-hydrogen) atoms. The van der Waals surface area contributed by atoms with Gasteiger partial charge >= 0.3 is 0 Å². The average Bonchev–Trinajstić information content (AvgIpc) is 2.52. The lowest BCUT2D eigenvalue weighted by atomic mass is 9.90. The van der Waals surface area contributed by atoms with Gasteiger partial charge < -0.3 is 15.2 Å². The summed E-state index contributed by atoms with van der Waals surface area (Å²) in [6.45, 7) is 4.16. The third-order valence-corrected chi connectivity index (χ3v) is 3.93. The molecule has 0 bridgehead atoms. The summed E-state index contributed by atoms with van der Waals surface area (Å²) in [7, 11) is 0. The molecule has 3 nitrogen and oxygen atoms in total. The SMILES string of the molecule is CCCOc1ccc(CN)c(OCC2CCCCC2)c1. The minimum absolute atomic E-state index is 0.508. The topological polar surface area (TPSA) is 44.5 Å². The Hall–Kier alpha value is -1.22. The van der Waals surface area contributed by atoms with E-state index in [2.05, 4.69) is 6.92 Å². The van der Waals surface area contributed by atoms with Crippen LogP contribution in [0.4, 0.5) is 0 Å². The van der Waals surface area contributed by atoms with Crippen molar-refractivity contribution in [3.8, 4) is 11.5 Å². The zero-order valence-electron chi connectivity index (χ0n) is 12.6. The third kappa shape index (κ3) is 4.41. The van der Waals surface area contributed by atoms with E-state index in [9.17, 15) is 0 Å². The summed E-state index contributed by atoms with van der Waals surface area (Å²) in [5.41, 5.74) is 6.85. The molecule has 2 N–H and O–H groups in total. The van der Waals surface area contributed by atoms with E-state index in [0.29, 0.717) is 12.5 Å². The predicted octanol–water partition coefficient (Wildman–Crippen LogP) is 3.89. The van der Waals surface area contributed by atoms with Crippen LogP contribution in [0.3, 0.4) is 0 Å². The second-order valence-corrected chi connectivity index (χ2v) is 5.64. The van der Waals surface area contributed by atoms with Gasteiger partial charge in [-0.25, -0.2) is 0 Å². The minimum atomic E-state index is 0.508. The van der Waals surface area contributed by atoms with Crippen molar-refractivity contribution in [3.63, 3.8) is 0 Å². The second-order valence-electron chi connectivity index (χ2n) is 5.64. The molecule has 0 heterocycles. The standard InChI is InChI=1S/C17H27NO2/c1-2-10-19-16-9-8-15(12-18)17(11-16)20-13-14-6-4-3-5-7-14/h8-9,11,14H,2-7,10,12-13,18H2,1H3. The Bertz CT molecular complexity index is 400. The quantitative estimate of drug-likeness (QED) is 0.822. The van der Waals surface area contributed by atoms with Crippen molar-refractivity contribution < 1.29 is 9.47 Å². The fourth-order valence-corrected chi connectivity index (χ4v) is 2.71. The first kappa shape index (κ1) is 15.2. The lowest BCUT2D eigenvalue weighted by Gasteiger charge is -2.22. The van der Waals surface area contributed by atoms with E-state index in [1.165, 1.54) is 32.1 Å². The molecule has 0 amide bonds. The van der Waals surface area contributed by atoms with Crippen LogP contribution in [-0.4, -0.2) is 13.2 Å². The molecule has 0 unspecified atom stereocenters. The predicted molar refractivity (Wildman–Crippen MR) is 82.2 cm³/mol. The maximum absolute atomic E-state index is 6.03. The first-order chi connectivity index (χ1) is 9.83. The zero-order chi connectivity index (χ0) is 14.2. The van der Waals surface area contributed by atoms with Crippen LogP contribution in [0.2, 0.25) is 0 Å². The highest BCUT2D eigenvalue weighted by Crippen LogP contribution is 2.28. The molecule has 0 atom stereocenters. The van der Waals surface area contributed by atoms with Crippen LogP contribution in [0.5, 0.6) is 11.5 Å². The first-order valence-corrected chi connectivity index (χ1v) is 7.92. The van der Waals surface area contributed by atoms with E-state index in [-0.39, 0.29) is 0 Å². The van der Waals surface area contributed by atoms with Gasteiger partial charge in [-0.2, -0.15) is 0 Å². The molecule has 1 aliphatic carbocycles. The Kier molecular flexibility index (Phi) is 6.19. The van der Waals surface area contributed by atoms with Crippen LogP contribution in [0, 0.1) is 5.92 Å². The largest absolute Gasteiger partial charge is 0.493 e. The van der Waals surface area contributed by atoms with E-state index < -0.39 is 0 Å². The Labute approximate surface area is 122 Å². The number of benzene rings is 1. The van der Waals surface area contributed by atoms with Crippen molar-refractivity contribution in [2.75, 3.05) is 13.2 Å². The minimum Gasteiger partial charge on any atom is -0.493 e. The molecule has 0 aromatic heterocycles. The number of nitrogens with two attached hydrogens (primary N) is 1. The number of rotatable bonds is 7. The van der Waals surface area contributed by atoms with Gasteiger partial charge in [-0.05, 0) is 31.2 Å². The van der Waals surface area contributed by atoms with Crippen LogP contribution < -0.4 is 15.2 Å². The molecule has 1 fully saturated rings. The highest BCUT2D eigenvalue weighted by atomic mass is 16.5. The van der Waals surface area contributed by atoms with E-state index >= 15 is 0 Å². The van der Waals surface area contributed by atoms with E-state index in [4.69, 9.17) is 15.2 Å². The Morgan fingerprint density at radius 3 is 2.65 bits per heavy atom. The summed E-state index contributed by atoms with van der Waals surface area (Å²) in [4.78, 5) is 0. The molecule has 2 rings (SSSR count). The number of hydrogen-bond donors (Lipinski definition) is 1. The number of hydrogen-bond acceptors (Lipinski definition) is 3.